The van der Waals surface area contributed by atoms with Crippen molar-refractivity contribution in [1.29, 1.82) is 0 Å². The molecule has 1 aliphatic rings. The smallest absolute Gasteiger partial charge is 0.321 e. The van der Waals surface area contributed by atoms with Gasteiger partial charge in [0.25, 0.3) is 0 Å². The van der Waals surface area contributed by atoms with Crippen LogP contribution in [-0.2, 0) is 0 Å². The van der Waals surface area contributed by atoms with E-state index in [1.165, 1.54) is 6.33 Å². The molecular formula is C15H19N5O. The first kappa shape index (κ1) is 13.6. The standard InChI is InChI=1S/C15H19N5O/c1-11-4-2-6-13(8-11)18-15(21)20-7-3-5-12(9-20)14-16-10-17-19-14/h2,4,6,8,10,12H,3,5,7,9H2,1H3,(H,18,21)(H,16,17,19)/t12-/m0/s1. The number of nitrogens with zero attached hydrogens (tertiary/aromatic N) is 3. The maximum atomic E-state index is 12.4. The van der Waals surface area contributed by atoms with Gasteiger partial charge in [-0.2, -0.15) is 5.10 Å². The summed E-state index contributed by atoms with van der Waals surface area (Å²) >= 11 is 0. The fraction of sp³-hybridized carbons (Fsp3) is 0.400. The molecule has 1 aromatic heterocycles. The number of aromatic nitrogens is 3. The van der Waals surface area contributed by atoms with E-state index in [0.29, 0.717) is 6.54 Å². The molecule has 2 heterocycles. The van der Waals surface area contributed by atoms with Crippen LogP contribution < -0.4 is 5.32 Å². The quantitative estimate of drug-likeness (QED) is 0.890. The minimum absolute atomic E-state index is 0.0511. The molecule has 21 heavy (non-hydrogen) atoms. The predicted octanol–water partition coefficient (Wildman–Crippen LogP) is 2.52. The summed E-state index contributed by atoms with van der Waals surface area (Å²) in [5.41, 5.74) is 1.97. The molecule has 0 spiro atoms. The van der Waals surface area contributed by atoms with Gasteiger partial charge in [0.15, 0.2) is 0 Å². The molecule has 0 radical (unpaired) electrons. The van der Waals surface area contributed by atoms with Gasteiger partial charge in [-0.25, -0.2) is 9.78 Å². The van der Waals surface area contributed by atoms with E-state index < -0.39 is 0 Å². The molecule has 0 unspecified atom stereocenters. The van der Waals surface area contributed by atoms with Crippen LogP contribution in [0.4, 0.5) is 10.5 Å². The Labute approximate surface area is 123 Å². The van der Waals surface area contributed by atoms with E-state index >= 15 is 0 Å². The van der Waals surface area contributed by atoms with Gasteiger partial charge in [0.1, 0.15) is 12.2 Å². The maximum Gasteiger partial charge on any atom is 0.321 e. The van der Waals surface area contributed by atoms with E-state index in [-0.39, 0.29) is 11.9 Å². The lowest BCUT2D eigenvalue weighted by atomic mass is 9.98. The lowest BCUT2D eigenvalue weighted by molar-refractivity contribution is 0.191. The van der Waals surface area contributed by atoms with Gasteiger partial charge in [0.05, 0.1) is 0 Å². The van der Waals surface area contributed by atoms with Crippen molar-refractivity contribution in [2.24, 2.45) is 0 Å². The first-order chi connectivity index (χ1) is 10.2. The highest BCUT2D eigenvalue weighted by Gasteiger charge is 2.26. The summed E-state index contributed by atoms with van der Waals surface area (Å²) in [6.07, 6.45) is 3.52. The van der Waals surface area contributed by atoms with Crippen molar-refractivity contribution >= 4 is 11.7 Å². The number of amides is 2. The Bertz CT molecular complexity index is 610. The molecule has 1 saturated heterocycles. The van der Waals surface area contributed by atoms with E-state index in [1.807, 2.05) is 36.1 Å². The van der Waals surface area contributed by atoms with Crippen LogP contribution in [0.5, 0.6) is 0 Å². The number of rotatable bonds is 2. The zero-order valence-corrected chi connectivity index (χ0v) is 12.0. The van der Waals surface area contributed by atoms with Crippen molar-refractivity contribution in [2.75, 3.05) is 18.4 Å². The highest BCUT2D eigenvalue weighted by Crippen LogP contribution is 2.24. The van der Waals surface area contributed by atoms with Crippen molar-refractivity contribution < 1.29 is 4.79 Å². The van der Waals surface area contributed by atoms with Gasteiger partial charge in [0.2, 0.25) is 0 Å². The highest BCUT2D eigenvalue weighted by molar-refractivity contribution is 5.89. The number of aromatic amines is 1. The number of nitrogens with one attached hydrogen (secondary N) is 2. The SMILES string of the molecule is Cc1cccc(NC(=O)N2CCC[C@H](c3ncn[nH]3)C2)c1. The maximum absolute atomic E-state index is 12.4. The second kappa shape index (κ2) is 5.95. The van der Waals surface area contributed by atoms with Crippen molar-refractivity contribution in [3.8, 4) is 0 Å². The third kappa shape index (κ3) is 3.21. The number of aryl methyl sites for hydroxylation is 1. The average molecular weight is 285 g/mol. The molecule has 1 fully saturated rings. The number of benzene rings is 1. The second-order valence-electron chi connectivity index (χ2n) is 5.46. The van der Waals surface area contributed by atoms with Crippen LogP contribution in [-0.4, -0.2) is 39.2 Å². The van der Waals surface area contributed by atoms with Crippen LogP contribution in [0.2, 0.25) is 0 Å². The molecule has 6 nitrogen and oxygen atoms in total. The summed E-state index contributed by atoms with van der Waals surface area (Å²) in [5.74, 6) is 1.10. The third-order valence-corrected chi connectivity index (χ3v) is 3.80. The fourth-order valence-electron chi connectivity index (χ4n) is 2.72. The molecule has 0 aliphatic carbocycles. The Balaban J connectivity index is 1.64. The van der Waals surface area contributed by atoms with Crippen LogP contribution in [0.15, 0.2) is 30.6 Å². The number of urea groups is 1. The molecule has 1 aliphatic heterocycles. The molecule has 0 saturated carbocycles. The van der Waals surface area contributed by atoms with Gasteiger partial charge in [-0.1, -0.05) is 12.1 Å². The van der Waals surface area contributed by atoms with E-state index in [1.54, 1.807) is 0 Å². The Morgan fingerprint density at radius 1 is 1.48 bits per heavy atom. The largest absolute Gasteiger partial charge is 0.324 e. The molecule has 110 valence electrons. The van der Waals surface area contributed by atoms with Gasteiger partial charge >= 0.3 is 6.03 Å². The minimum Gasteiger partial charge on any atom is -0.324 e. The Hall–Kier alpha value is -2.37. The number of H-pyrrole nitrogens is 1. The van der Waals surface area contributed by atoms with Gasteiger partial charge in [0, 0.05) is 24.7 Å². The fourth-order valence-corrected chi connectivity index (χ4v) is 2.72. The van der Waals surface area contributed by atoms with E-state index in [0.717, 1.165) is 36.5 Å². The zero-order valence-electron chi connectivity index (χ0n) is 12.0. The summed E-state index contributed by atoms with van der Waals surface area (Å²) in [6.45, 7) is 3.46. The monoisotopic (exact) mass is 285 g/mol. The van der Waals surface area contributed by atoms with Crippen molar-refractivity contribution in [2.45, 2.75) is 25.7 Å². The number of hydrogen-bond acceptors (Lipinski definition) is 3. The van der Waals surface area contributed by atoms with Gasteiger partial charge < -0.3 is 10.2 Å². The lowest BCUT2D eigenvalue weighted by Gasteiger charge is -2.31. The predicted molar refractivity (Wildman–Crippen MR) is 80.1 cm³/mol. The summed E-state index contributed by atoms with van der Waals surface area (Å²) in [7, 11) is 0. The molecule has 0 bridgehead atoms. The molecular weight excluding hydrogens is 266 g/mol. The summed E-state index contributed by atoms with van der Waals surface area (Å²) in [4.78, 5) is 18.4. The molecule has 1 atom stereocenters. The summed E-state index contributed by atoms with van der Waals surface area (Å²) in [5, 5.41) is 9.75. The highest BCUT2D eigenvalue weighted by atomic mass is 16.2. The van der Waals surface area contributed by atoms with Gasteiger partial charge in [-0.15, -0.1) is 0 Å². The van der Waals surface area contributed by atoms with Crippen LogP contribution >= 0.6 is 0 Å². The average Bonchev–Trinajstić information content (AvgIpc) is 3.02. The molecule has 1 aromatic carbocycles. The van der Waals surface area contributed by atoms with Crippen molar-refractivity contribution in [3.63, 3.8) is 0 Å². The molecule has 2 aromatic rings. The molecule has 3 rings (SSSR count). The first-order valence-corrected chi connectivity index (χ1v) is 7.20. The van der Waals surface area contributed by atoms with Gasteiger partial charge in [-0.05, 0) is 37.5 Å². The second-order valence-corrected chi connectivity index (χ2v) is 5.46. The third-order valence-electron chi connectivity index (χ3n) is 3.80. The van der Waals surface area contributed by atoms with Crippen molar-refractivity contribution in [1.82, 2.24) is 20.1 Å². The summed E-state index contributed by atoms with van der Waals surface area (Å²) < 4.78 is 0. The Kier molecular flexibility index (Phi) is 3.85. The molecule has 2 amide bonds. The zero-order chi connectivity index (χ0) is 14.7. The van der Waals surface area contributed by atoms with Crippen LogP contribution in [0.1, 0.15) is 30.1 Å². The first-order valence-electron chi connectivity index (χ1n) is 7.20. The van der Waals surface area contributed by atoms with E-state index in [2.05, 4.69) is 20.5 Å². The van der Waals surface area contributed by atoms with Crippen LogP contribution in [0, 0.1) is 6.92 Å². The normalized spacial score (nSPS) is 18.5. The number of anilines is 1. The number of carbonyl (C=O) groups is 1. The topological polar surface area (TPSA) is 73.9 Å². The molecule has 6 heteroatoms. The summed E-state index contributed by atoms with van der Waals surface area (Å²) in [6, 6.07) is 7.78. The van der Waals surface area contributed by atoms with Crippen LogP contribution in [0.3, 0.4) is 0 Å². The van der Waals surface area contributed by atoms with Crippen LogP contribution in [0.25, 0.3) is 0 Å². The number of piperidine rings is 1. The Morgan fingerprint density at radius 3 is 3.14 bits per heavy atom. The van der Waals surface area contributed by atoms with Gasteiger partial charge in [-0.3, -0.25) is 5.10 Å². The van der Waals surface area contributed by atoms with E-state index in [9.17, 15) is 4.79 Å². The number of carbonyl (C=O) groups excluding carboxylic acids is 1. The van der Waals surface area contributed by atoms with Crippen molar-refractivity contribution in [3.05, 3.63) is 42.0 Å². The number of hydrogen-bond donors (Lipinski definition) is 2. The van der Waals surface area contributed by atoms with E-state index in [4.69, 9.17) is 0 Å². The Morgan fingerprint density at radius 2 is 2.38 bits per heavy atom. The minimum atomic E-state index is -0.0511. The molecule has 2 N–H and O–H groups in total. The lowest BCUT2D eigenvalue weighted by Crippen LogP contribution is -2.41. The number of likely N-dealkylation sites (tertiary alicyclic amines) is 1.